The summed E-state index contributed by atoms with van der Waals surface area (Å²) in [4.78, 5) is 17.4. The van der Waals surface area contributed by atoms with Crippen molar-refractivity contribution in [2.45, 2.75) is 63.7 Å². The van der Waals surface area contributed by atoms with Crippen LogP contribution in [0.15, 0.2) is 48.7 Å². The van der Waals surface area contributed by atoms with Gasteiger partial charge in [-0.1, -0.05) is 81.0 Å². The average Bonchev–Trinajstić information content (AvgIpc) is 3.04. The van der Waals surface area contributed by atoms with E-state index in [0.29, 0.717) is 17.2 Å². The molecule has 1 aromatic carbocycles. The number of ketones is 1. The van der Waals surface area contributed by atoms with Crippen LogP contribution in [0.25, 0.3) is 0 Å². The molecule has 3 nitrogen and oxygen atoms in total. The van der Waals surface area contributed by atoms with Gasteiger partial charge < -0.3 is 4.57 Å². The molecule has 2 aromatic rings. The Balaban J connectivity index is 1.78. The lowest BCUT2D eigenvalue weighted by Crippen LogP contribution is -2.05. The lowest BCUT2D eigenvalue weighted by molar-refractivity contribution is 0.103. The largest absolute Gasteiger partial charge is 0.337 e. The molecule has 0 saturated heterocycles. The second kappa shape index (κ2) is 9.51. The molecule has 0 fully saturated rings. The van der Waals surface area contributed by atoms with Crippen LogP contribution in [0, 0.1) is 0 Å². The highest BCUT2D eigenvalue weighted by Crippen LogP contribution is 2.25. The Hall–Kier alpha value is -2.16. The first-order chi connectivity index (χ1) is 12.8. The van der Waals surface area contributed by atoms with Crippen LogP contribution in [0.1, 0.15) is 85.6 Å². The summed E-state index contributed by atoms with van der Waals surface area (Å²) < 4.78 is 2.04. The molecular formula is C23H30N2O. The van der Waals surface area contributed by atoms with Crippen LogP contribution in [0.4, 0.5) is 0 Å². The van der Waals surface area contributed by atoms with E-state index in [9.17, 15) is 4.79 Å². The van der Waals surface area contributed by atoms with Gasteiger partial charge in [0.15, 0.2) is 0 Å². The maximum Gasteiger partial charge on any atom is 0.212 e. The summed E-state index contributed by atoms with van der Waals surface area (Å²) in [6.45, 7) is 0. The van der Waals surface area contributed by atoms with E-state index in [2.05, 4.69) is 12.2 Å². The van der Waals surface area contributed by atoms with Crippen LogP contribution in [0.5, 0.6) is 0 Å². The number of carbonyl (C=O) groups excluding carboxylic acids is 1. The molecule has 0 bridgehead atoms. The van der Waals surface area contributed by atoms with Gasteiger partial charge in [0.25, 0.3) is 0 Å². The van der Waals surface area contributed by atoms with Gasteiger partial charge in [-0.3, -0.25) is 4.79 Å². The highest BCUT2D eigenvalue weighted by atomic mass is 16.1. The topological polar surface area (TPSA) is 34.9 Å². The van der Waals surface area contributed by atoms with Crippen LogP contribution in [0.3, 0.4) is 0 Å². The van der Waals surface area contributed by atoms with Gasteiger partial charge in [0, 0.05) is 24.7 Å². The number of benzene rings is 1. The first-order valence-corrected chi connectivity index (χ1v) is 10.1. The molecule has 1 aromatic heterocycles. The van der Waals surface area contributed by atoms with Crippen molar-refractivity contribution in [1.29, 1.82) is 0 Å². The van der Waals surface area contributed by atoms with Gasteiger partial charge in [-0.25, -0.2) is 4.98 Å². The fraction of sp³-hybridized carbons (Fsp3) is 0.478. The summed E-state index contributed by atoms with van der Waals surface area (Å²) in [6.07, 6.45) is 18.0. The van der Waals surface area contributed by atoms with E-state index in [1.165, 1.54) is 44.9 Å². The lowest BCUT2D eigenvalue weighted by atomic mass is 9.97. The lowest BCUT2D eigenvalue weighted by Gasteiger charge is -2.13. The molecule has 1 unspecified atom stereocenters. The van der Waals surface area contributed by atoms with Gasteiger partial charge in [-0.15, -0.1) is 0 Å². The van der Waals surface area contributed by atoms with Gasteiger partial charge in [0.2, 0.25) is 5.78 Å². The van der Waals surface area contributed by atoms with Crippen molar-refractivity contribution in [3.05, 3.63) is 65.8 Å². The number of carbonyl (C=O) groups is 1. The molecule has 0 N–H and O–H groups in total. The van der Waals surface area contributed by atoms with E-state index in [1.54, 1.807) is 0 Å². The van der Waals surface area contributed by atoms with Gasteiger partial charge in [0.1, 0.15) is 11.5 Å². The molecule has 138 valence electrons. The van der Waals surface area contributed by atoms with Gasteiger partial charge in [-0.05, 0) is 19.3 Å². The molecule has 0 radical (unpaired) electrons. The Bertz CT molecular complexity index is 730. The predicted octanol–water partition coefficient (Wildman–Crippen LogP) is 5.82. The Morgan fingerprint density at radius 1 is 1.00 bits per heavy atom. The minimum Gasteiger partial charge on any atom is -0.337 e. The van der Waals surface area contributed by atoms with Crippen molar-refractivity contribution in [1.82, 2.24) is 9.55 Å². The number of rotatable bonds is 3. The number of hydrogen-bond acceptors (Lipinski definition) is 2. The highest BCUT2D eigenvalue weighted by Gasteiger charge is 2.19. The summed E-state index contributed by atoms with van der Waals surface area (Å²) in [5.74, 6) is 1.32. The van der Waals surface area contributed by atoms with Crippen LogP contribution in [-0.2, 0) is 7.05 Å². The summed E-state index contributed by atoms with van der Waals surface area (Å²) in [7, 11) is 2.01. The monoisotopic (exact) mass is 350 g/mol. The fourth-order valence-electron chi connectivity index (χ4n) is 3.75. The first-order valence-electron chi connectivity index (χ1n) is 10.1. The number of hydrogen-bond donors (Lipinski definition) is 0. The van der Waals surface area contributed by atoms with Crippen molar-refractivity contribution < 1.29 is 4.79 Å². The number of allylic oxidation sites excluding steroid dienone is 2. The molecule has 1 aliphatic rings. The van der Waals surface area contributed by atoms with Crippen molar-refractivity contribution in [3.8, 4) is 0 Å². The average molecular weight is 351 g/mol. The summed E-state index contributed by atoms with van der Waals surface area (Å²) in [5, 5.41) is 0. The Kier molecular flexibility index (Phi) is 6.82. The smallest absolute Gasteiger partial charge is 0.212 e. The molecule has 3 heteroatoms. The molecular weight excluding hydrogens is 320 g/mol. The number of aromatic nitrogens is 2. The van der Waals surface area contributed by atoms with Gasteiger partial charge in [-0.2, -0.15) is 0 Å². The Labute approximate surface area is 157 Å². The van der Waals surface area contributed by atoms with Crippen LogP contribution in [-0.4, -0.2) is 15.3 Å². The minimum absolute atomic E-state index is 0.00424. The minimum atomic E-state index is 0.00424. The van der Waals surface area contributed by atoms with E-state index in [4.69, 9.17) is 4.98 Å². The molecule has 0 spiro atoms. The van der Waals surface area contributed by atoms with Crippen molar-refractivity contribution in [2.24, 2.45) is 7.05 Å². The first kappa shape index (κ1) is 18.6. The summed E-state index contributed by atoms with van der Waals surface area (Å²) >= 11 is 0. The number of aryl methyl sites for hydroxylation is 1. The van der Waals surface area contributed by atoms with E-state index in [0.717, 1.165) is 18.7 Å². The zero-order valence-electron chi connectivity index (χ0n) is 15.9. The standard InChI is InChI=1S/C23H30N2O/c1-25-18-21(22(26)19-14-12-9-13-15-19)24-23(25)20-16-10-7-5-3-2-4-6-8-11-17-20/h9-10,12-16,18,20H,2-8,11,17H2,1H3/b16-10-. The third-order valence-corrected chi connectivity index (χ3v) is 5.27. The van der Waals surface area contributed by atoms with Crippen molar-refractivity contribution in [2.75, 3.05) is 0 Å². The molecule has 3 rings (SSSR count). The normalized spacial score (nSPS) is 20.7. The van der Waals surface area contributed by atoms with Gasteiger partial charge in [0.05, 0.1) is 0 Å². The molecule has 0 saturated carbocycles. The van der Waals surface area contributed by atoms with Crippen LogP contribution in [0.2, 0.25) is 0 Å². The van der Waals surface area contributed by atoms with Crippen molar-refractivity contribution >= 4 is 5.78 Å². The SMILES string of the molecule is Cn1cc(C(=O)c2ccccc2)nc1C1/C=C\CCCCCCCCC1. The maximum atomic E-state index is 12.7. The van der Waals surface area contributed by atoms with Gasteiger partial charge >= 0.3 is 0 Å². The third kappa shape index (κ3) is 4.94. The number of imidazole rings is 1. The highest BCUT2D eigenvalue weighted by molar-refractivity contribution is 6.07. The number of nitrogens with zero attached hydrogens (tertiary/aromatic N) is 2. The van der Waals surface area contributed by atoms with Crippen LogP contribution >= 0.6 is 0 Å². The van der Waals surface area contributed by atoms with Crippen LogP contribution < -0.4 is 0 Å². The maximum absolute atomic E-state index is 12.7. The molecule has 1 aliphatic carbocycles. The second-order valence-corrected chi connectivity index (χ2v) is 7.38. The Morgan fingerprint density at radius 2 is 1.69 bits per heavy atom. The third-order valence-electron chi connectivity index (χ3n) is 5.27. The molecule has 26 heavy (non-hydrogen) atoms. The summed E-state index contributed by atoms with van der Waals surface area (Å²) in [5.41, 5.74) is 1.25. The van der Waals surface area contributed by atoms with Crippen molar-refractivity contribution in [3.63, 3.8) is 0 Å². The van der Waals surface area contributed by atoms with E-state index >= 15 is 0 Å². The quantitative estimate of drug-likeness (QED) is 0.517. The molecule has 0 aliphatic heterocycles. The van der Waals surface area contributed by atoms with E-state index in [1.807, 2.05) is 48.1 Å². The van der Waals surface area contributed by atoms with E-state index in [-0.39, 0.29) is 5.78 Å². The predicted molar refractivity (Wildman–Crippen MR) is 107 cm³/mol. The fourth-order valence-corrected chi connectivity index (χ4v) is 3.75. The second-order valence-electron chi connectivity index (χ2n) is 7.38. The van der Waals surface area contributed by atoms with E-state index < -0.39 is 0 Å². The molecule has 1 atom stereocenters. The zero-order chi connectivity index (χ0) is 18.2. The molecule has 0 amide bonds. The Morgan fingerprint density at radius 3 is 2.46 bits per heavy atom. The summed E-state index contributed by atoms with van der Waals surface area (Å²) in [6, 6.07) is 9.43. The molecule has 1 heterocycles. The zero-order valence-corrected chi connectivity index (χ0v) is 15.9.